The lowest BCUT2D eigenvalue weighted by atomic mass is 10.3. The third-order valence-corrected chi connectivity index (χ3v) is 5.61. The number of hydrogen-bond acceptors (Lipinski definition) is 7. The van der Waals surface area contributed by atoms with E-state index in [0.717, 1.165) is 22.7 Å². The van der Waals surface area contributed by atoms with Crippen LogP contribution in [0.2, 0.25) is 5.02 Å². The first-order valence-corrected chi connectivity index (χ1v) is 9.86. The molecule has 11 heteroatoms. The predicted molar refractivity (Wildman–Crippen MR) is 107 cm³/mol. The van der Waals surface area contributed by atoms with Gasteiger partial charge in [0.25, 0.3) is 5.91 Å². The molecular weight excluding hydrogens is 437 g/mol. The van der Waals surface area contributed by atoms with E-state index in [1.54, 1.807) is 0 Å². The van der Waals surface area contributed by atoms with E-state index in [2.05, 4.69) is 10.3 Å². The monoisotopic (exact) mass is 451 g/mol. The van der Waals surface area contributed by atoms with E-state index < -0.39 is 29.6 Å². The Labute approximate surface area is 179 Å². The lowest BCUT2D eigenvalue weighted by Crippen LogP contribution is -2.26. The number of carbonyl (C=O) groups excluding carboxylic acids is 4. The summed E-state index contributed by atoms with van der Waals surface area (Å²) in [4.78, 5) is 53.3. The number of nitrogens with one attached hydrogen (secondary N) is 1. The van der Waals surface area contributed by atoms with E-state index in [1.165, 1.54) is 37.5 Å². The van der Waals surface area contributed by atoms with Crippen LogP contribution in [0.4, 0.5) is 10.1 Å². The van der Waals surface area contributed by atoms with Crippen molar-refractivity contribution < 1.29 is 28.3 Å². The van der Waals surface area contributed by atoms with Gasteiger partial charge in [0.1, 0.15) is 10.8 Å². The molecule has 2 heterocycles. The van der Waals surface area contributed by atoms with Gasteiger partial charge in [0.15, 0.2) is 6.61 Å². The van der Waals surface area contributed by atoms with Gasteiger partial charge < -0.3 is 10.1 Å². The van der Waals surface area contributed by atoms with Crippen molar-refractivity contribution in [1.29, 1.82) is 0 Å². The second-order valence-electron chi connectivity index (χ2n) is 6.21. The average Bonchev–Trinajstić information content (AvgIpc) is 2.96. The molecule has 1 unspecified atom stereocenters. The maximum absolute atomic E-state index is 13.2. The molecule has 0 aliphatic carbocycles. The van der Waals surface area contributed by atoms with Crippen LogP contribution in [-0.4, -0.2) is 52.5 Å². The van der Waals surface area contributed by atoms with Gasteiger partial charge in [0, 0.05) is 25.4 Å². The molecule has 1 fully saturated rings. The molecule has 8 nitrogen and oxygen atoms in total. The molecule has 1 atom stereocenters. The Morgan fingerprint density at radius 2 is 2.13 bits per heavy atom. The zero-order chi connectivity index (χ0) is 21.8. The van der Waals surface area contributed by atoms with Crippen molar-refractivity contribution in [2.75, 3.05) is 19.0 Å². The van der Waals surface area contributed by atoms with Gasteiger partial charge in [-0.1, -0.05) is 23.4 Å². The van der Waals surface area contributed by atoms with Gasteiger partial charge in [-0.15, -0.1) is 0 Å². The summed E-state index contributed by atoms with van der Waals surface area (Å²) in [6.45, 7) is -0.601. The number of pyridine rings is 1. The number of ether oxygens (including phenoxy) is 1. The topological polar surface area (TPSA) is 106 Å². The summed E-state index contributed by atoms with van der Waals surface area (Å²) < 4.78 is 18.2. The van der Waals surface area contributed by atoms with Gasteiger partial charge in [0.2, 0.25) is 11.8 Å². The summed E-state index contributed by atoms with van der Waals surface area (Å²) in [7, 11) is 1.39. The molecule has 0 radical (unpaired) electrons. The number of likely N-dealkylation sites (tertiary alicyclic amines) is 1. The molecule has 1 aliphatic rings. The minimum atomic E-state index is -0.817. The minimum absolute atomic E-state index is 0.00764. The summed E-state index contributed by atoms with van der Waals surface area (Å²) in [6, 6.07) is 6.59. The molecule has 0 bridgehead atoms. The second-order valence-corrected chi connectivity index (χ2v) is 7.81. The number of benzene rings is 1. The molecule has 3 rings (SSSR count). The van der Waals surface area contributed by atoms with E-state index >= 15 is 0 Å². The second kappa shape index (κ2) is 9.23. The fraction of sp³-hybridized carbons (Fsp3) is 0.211. The van der Waals surface area contributed by atoms with Crippen LogP contribution < -0.4 is 5.32 Å². The highest BCUT2D eigenvalue weighted by Crippen LogP contribution is 2.31. The van der Waals surface area contributed by atoms with E-state index in [1.807, 2.05) is 0 Å². The molecule has 1 saturated heterocycles. The van der Waals surface area contributed by atoms with E-state index in [9.17, 15) is 23.6 Å². The van der Waals surface area contributed by atoms with Crippen LogP contribution in [0.3, 0.4) is 0 Å². The first-order valence-electron chi connectivity index (χ1n) is 8.60. The molecule has 3 amide bonds. The number of carbonyl (C=O) groups is 4. The number of hydrogen-bond donors (Lipinski definition) is 1. The molecular formula is C19H15ClFN3O5S. The molecule has 1 aromatic heterocycles. The number of anilines is 1. The van der Waals surface area contributed by atoms with Gasteiger partial charge >= 0.3 is 5.97 Å². The molecule has 30 heavy (non-hydrogen) atoms. The SMILES string of the molecule is CN1C(=O)CC(Sc2ncccc2C(=O)OCC(=O)Nc2ccc(F)c(Cl)c2)C1=O. The molecule has 2 aromatic rings. The number of nitrogens with zero attached hydrogens (tertiary/aromatic N) is 2. The van der Waals surface area contributed by atoms with E-state index in [4.69, 9.17) is 16.3 Å². The lowest BCUT2D eigenvalue weighted by molar-refractivity contribution is -0.136. The quantitative estimate of drug-likeness (QED) is 0.531. The van der Waals surface area contributed by atoms with Crippen molar-refractivity contribution in [2.45, 2.75) is 16.7 Å². The molecule has 1 aliphatic heterocycles. The molecule has 1 aromatic carbocycles. The highest BCUT2D eigenvalue weighted by molar-refractivity contribution is 8.00. The summed E-state index contributed by atoms with van der Waals surface area (Å²) >= 11 is 6.64. The van der Waals surface area contributed by atoms with Gasteiger partial charge in [-0.05, 0) is 30.3 Å². The van der Waals surface area contributed by atoms with Crippen LogP contribution in [0, 0.1) is 5.82 Å². The number of amides is 3. The number of halogens is 2. The zero-order valence-electron chi connectivity index (χ0n) is 15.6. The Balaban J connectivity index is 1.61. The van der Waals surface area contributed by atoms with Gasteiger partial charge in [-0.2, -0.15) is 0 Å². The molecule has 0 spiro atoms. The molecule has 1 N–H and O–H groups in total. The van der Waals surface area contributed by atoms with Crippen molar-refractivity contribution in [3.63, 3.8) is 0 Å². The zero-order valence-corrected chi connectivity index (χ0v) is 17.1. The van der Waals surface area contributed by atoms with Crippen LogP contribution in [-0.2, 0) is 19.1 Å². The summed E-state index contributed by atoms with van der Waals surface area (Å²) in [5, 5.41) is 1.80. The Morgan fingerprint density at radius 3 is 2.80 bits per heavy atom. The Hall–Kier alpha value is -2.98. The van der Waals surface area contributed by atoms with Gasteiger partial charge in [-0.25, -0.2) is 14.2 Å². The maximum atomic E-state index is 13.2. The Morgan fingerprint density at radius 1 is 1.37 bits per heavy atom. The van der Waals surface area contributed by atoms with Crippen molar-refractivity contribution in [2.24, 2.45) is 0 Å². The van der Waals surface area contributed by atoms with Gasteiger partial charge in [-0.3, -0.25) is 19.3 Å². The van der Waals surface area contributed by atoms with Crippen molar-refractivity contribution >= 4 is 52.7 Å². The summed E-state index contributed by atoms with van der Waals surface area (Å²) in [5.41, 5.74) is 0.309. The third-order valence-electron chi connectivity index (χ3n) is 4.12. The van der Waals surface area contributed by atoms with E-state index in [-0.39, 0.29) is 39.5 Å². The maximum Gasteiger partial charge on any atom is 0.341 e. The largest absolute Gasteiger partial charge is 0.452 e. The highest BCUT2D eigenvalue weighted by Gasteiger charge is 2.37. The Bertz CT molecular complexity index is 1030. The lowest BCUT2D eigenvalue weighted by Gasteiger charge is -2.11. The third kappa shape index (κ3) is 4.95. The van der Waals surface area contributed by atoms with Crippen LogP contribution in [0.25, 0.3) is 0 Å². The van der Waals surface area contributed by atoms with Crippen LogP contribution >= 0.6 is 23.4 Å². The standard InChI is InChI=1S/C19H15ClFN3O5S/c1-24-16(26)8-14(18(24)27)30-17-11(3-2-6-22-17)19(28)29-9-15(25)23-10-4-5-13(21)12(20)7-10/h2-7,14H,8-9H2,1H3,(H,23,25). The fourth-order valence-electron chi connectivity index (χ4n) is 2.57. The normalized spacial score (nSPS) is 16.0. The van der Waals surface area contributed by atoms with Crippen molar-refractivity contribution in [1.82, 2.24) is 9.88 Å². The van der Waals surface area contributed by atoms with Crippen molar-refractivity contribution in [3.8, 4) is 0 Å². The fourth-order valence-corrected chi connectivity index (χ4v) is 3.90. The summed E-state index contributed by atoms with van der Waals surface area (Å²) in [5.74, 6) is -2.77. The van der Waals surface area contributed by atoms with Crippen LogP contribution in [0.15, 0.2) is 41.6 Å². The molecule has 156 valence electrons. The predicted octanol–water partition coefficient (Wildman–Crippen LogP) is 2.52. The summed E-state index contributed by atoms with van der Waals surface area (Å²) in [6.07, 6.45) is 1.45. The smallest absolute Gasteiger partial charge is 0.341 e. The first kappa shape index (κ1) is 21.7. The number of aromatic nitrogens is 1. The number of esters is 1. The van der Waals surface area contributed by atoms with Crippen LogP contribution in [0.1, 0.15) is 16.8 Å². The number of rotatable bonds is 6. The Kier molecular flexibility index (Phi) is 6.68. The van der Waals surface area contributed by atoms with Gasteiger partial charge in [0.05, 0.1) is 15.8 Å². The number of thioether (sulfide) groups is 1. The van der Waals surface area contributed by atoms with Crippen LogP contribution in [0.5, 0.6) is 0 Å². The minimum Gasteiger partial charge on any atom is -0.452 e. The average molecular weight is 452 g/mol. The highest BCUT2D eigenvalue weighted by atomic mass is 35.5. The van der Waals surface area contributed by atoms with Crippen molar-refractivity contribution in [3.05, 3.63) is 52.9 Å². The first-order chi connectivity index (χ1) is 14.3. The number of imide groups is 1. The molecule has 0 saturated carbocycles. The van der Waals surface area contributed by atoms with E-state index in [0.29, 0.717) is 0 Å².